The molecular formula is C8H12N2O. The van der Waals surface area contributed by atoms with E-state index in [1.165, 1.54) is 4.57 Å². The summed E-state index contributed by atoms with van der Waals surface area (Å²) in [5, 5.41) is 2.76. The molecule has 1 aromatic heterocycles. The van der Waals surface area contributed by atoms with Gasteiger partial charge in [0, 0.05) is 18.9 Å². The molecule has 0 aromatic carbocycles. The quantitative estimate of drug-likeness (QED) is 0.683. The van der Waals surface area contributed by atoms with Crippen molar-refractivity contribution < 1.29 is 4.79 Å². The molecule has 1 N–H and O–H groups in total. The zero-order chi connectivity index (χ0) is 8.10. The summed E-state index contributed by atoms with van der Waals surface area (Å²) in [5.74, 6) is 0. The van der Waals surface area contributed by atoms with E-state index in [0.29, 0.717) is 0 Å². The Hall–Kier alpha value is -1.25. The number of hydrogen-bond donors (Lipinski definition) is 1. The first-order valence-corrected chi connectivity index (χ1v) is 3.75. The molecule has 3 nitrogen and oxygen atoms in total. The van der Waals surface area contributed by atoms with Gasteiger partial charge in [-0.2, -0.15) is 0 Å². The molecule has 0 aliphatic carbocycles. The summed E-state index contributed by atoms with van der Waals surface area (Å²) in [6.45, 7) is 2.76. The van der Waals surface area contributed by atoms with Crippen LogP contribution in [0.5, 0.6) is 0 Å². The predicted molar refractivity (Wildman–Crippen MR) is 43.5 cm³/mol. The van der Waals surface area contributed by atoms with E-state index in [2.05, 4.69) is 5.32 Å². The highest BCUT2D eigenvalue weighted by atomic mass is 16.2. The van der Waals surface area contributed by atoms with Gasteiger partial charge < -0.3 is 5.32 Å². The van der Waals surface area contributed by atoms with E-state index in [-0.39, 0.29) is 6.03 Å². The first-order chi connectivity index (χ1) is 5.34. The number of nitrogens with zero attached hydrogens (tertiary/aromatic N) is 1. The number of aromatic nitrogens is 1. The molecule has 0 aliphatic heterocycles. The molecule has 1 heterocycles. The number of carbonyl (C=O) groups is 1. The Morgan fingerprint density at radius 3 is 2.64 bits per heavy atom. The van der Waals surface area contributed by atoms with Crippen molar-refractivity contribution in [1.29, 1.82) is 0 Å². The minimum Gasteiger partial charge on any atom is -0.337 e. The second kappa shape index (κ2) is 3.81. The van der Waals surface area contributed by atoms with E-state index in [9.17, 15) is 4.79 Å². The number of hydrogen-bond acceptors (Lipinski definition) is 1. The molecule has 0 aliphatic rings. The van der Waals surface area contributed by atoms with Crippen LogP contribution < -0.4 is 5.32 Å². The molecule has 0 atom stereocenters. The maximum Gasteiger partial charge on any atom is 0.325 e. The molecule has 3 heteroatoms. The van der Waals surface area contributed by atoms with Crippen LogP contribution >= 0.6 is 0 Å². The lowest BCUT2D eigenvalue weighted by atomic mass is 10.5. The molecule has 1 amide bonds. The Morgan fingerprint density at radius 1 is 1.45 bits per heavy atom. The smallest absolute Gasteiger partial charge is 0.325 e. The summed E-state index contributed by atoms with van der Waals surface area (Å²) in [7, 11) is 0. The summed E-state index contributed by atoms with van der Waals surface area (Å²) in [6, 6.07) is 3.59. The summed E-state index contributed by atoms with van der Waals surface area (Å²) in [5.41, 5.74) is 0. The maximum atomic E-state index is 11.1. The van der Waals surface area contributed by atoms with Gasteiger partial charge in [0.15, 0.2) is 0 Å². The van der Waals surface area contributed by atoms with Crippen molar-refractivity contribution in [2.45, 2.75) is 13.3 Å². The zero-order valence-electron chi connectivity index (χ0n) is 6.58. The van der Waals surface area contributed by atoms with E-state index in [0.717, 1.165) is 13.0 Å². The van der Waals surface area contributed by atoms with Crippen molar-refractivity contribution in [3.8, 4) is 0 Å². The van der Waals surface area contributed by atoms with Gasteiger partial charge in [0.1, 0.15) is 0 Å². The molecule has 0 saturated carbocycles. The largest absolute Gasteiger partial charge is 0.337 e. The fraction of sp³-hybridized carbons (Fsp3) is 0.375. The molecule has 0 fully saturated rings. The Balaban J connectivity index is 2.43. The molecule has 0 unspecified atom stereocenters. The summed E-state index contributed by atoms with van der Waals surface area (Å²) >= 11 is 0. The van der Waals surface area contributed by atoms with Crippen LogP contribution in [0.2, 0.25) is 0 Å². The minimum absolute atomic E-state index is 0.0585. The van der Waals surface area contributed by atoms with Gasteiger partial charge in [-0.3, -0.25) is 4.57 Å². The van der Waals surface area contributed by atoms with E-state index in [4.69, 9.17) is 0 Å². The normalized spacial score (nSPS) is 9.55. The lowest BCUT2D eigenvalue weighted by Gasteiger charge is -2.02. The van der Waals surface area contributed by atoms with Crippen molar-refractivity contribution in [3.05, 3.63) is 24.5 Å². The first kappa shape index (κ1) is 7.85. The summed E-state index contributed by atoms with van der Waals surface area (Å²) < 4.78 is 1.52. The van der Waals surface area contributed by atoms with Gasteiger partial charge in [-0.15, -0.1) is 0 Å². The molecular weight excluding hydrogens is 140 g/mol. The third-order valence-electron chi connectivity index (χ3n) is 1.37. The Bertz CT molecular complexity index is 216. The number of carbonyl (C=O) groups excluding carboxylic acids is 1. The van der Waals surface area contributed by atoms with Crippen LogP contribution in [-0.4, -0.2) is 17.1 Å². The van der Waals surface area contributed by atoms with E-state index < -0.39 is 0 Å². The van der Waals surface area contributed by atoms with E-state index in [1.54, 1.807) is 12.4 Å². The topological polar surface area (TPSA) is 34.0 Å². The SMILES string of the molecule is CCCNC(=O)n1cccc1. The van der Waals surface area contributed by atoms with Crippen molar-refractivity contribution in [2.75, 3.05) is 6.54 Å². The lowest BCUT2D eigenvalue weighted by molar-refractivity contribution is 0.242. The van der Waals surface area contributed by atoms with Crippen molar-refractivity contribution in [2.24, 2.45) is 0 Å². The Kier molecular flexibility index (Phi) is 2.72. The van der Waals surface area contributed by atoms with Gasteiger partial charge in [-0.1, -0.05) is 6.92 Å². The van der Waals surface area contributed by atoms with Crippen LogP contribution in [0, 0.1) is 0 Å². The highest BCUT2D eigenvalue weighted by Crippen LogP contribution is 1.88. The fourth-order valence-electron chi connectivity index (χ4n) is 0.793. The monoisotopic (exact) mass is 152 g/mol. The van der Waals surface area contributed by atoms with Crippen LogP contribution in [0.3, 0.4) is 0 Å². The summed E-state index contributed by atoms with van der Waals surface area (Å²) in [4.78, 5) is 11.1. The Labute approximate surface area is 66.0 Å². The average molecular weight is 152 g/mol. The van der Waals surface area contributed by atoms with Crippen LogP contribution in [0.15, 0.2) is 24.5 Å². The van der Waals surface area contributed by atoms with Gasteiger partial charge in [0.2, 0.25) is 0 Å². The standard InChI is InChI=1S/C8H12N2O/c1-2-5-9-8(11)10-6-3-4-7-10/h3-4,6-7H,2,5H2,1H3,(H,9,11). The molecule has 60 valence electrons. The Morgan fingerprint density at radius 2 is 2.09 bits per heavy atom. The molecule has 1 rings (SSSR count). The number of nitrogens with one attached hydrogen (secondary N) is 1. The molecule has 0 spiro atoms. The fourth-order valence-corrected chi connectivity index (χ4v) is 0.793. The highest BCUT2D eigenvalue weighted by molar-refractivity contribution is 5.76. The molecule has 11 heavy (non-hydrogen) atoms. The average Bonchev–Trinajstić information content (AvgIpc) is 2.52. The zero-order valence-corrected chi connectivity index (χ0v) is 6.58. The van der Waals surface area contributed by atoms with Crippen molar-refractivity contribution in [3.63, 3.8) is 0 Å². The minimum atomic E-state index is -0.0585. The second-order valence-corrected chi connectivity index (χ2v) is 2.32. The predicted octanol–water partition coefficient (Wildman–Crippen LogP) is 1.46. The highest BCUT2D eigenvalue weighted by Gasteiger charge is 1.98. The van der Waals surface area contributed by atoms with Crippen LogP contribution in [0.4, 0.5) is 4.79 Å². The van der Waals surface area contributed by atoms with Gasteiger partial charge in [0.25, 0.3) is 0 Å². The van der Waals surface area contributed by atoms with Crippen molar-refractivity contribution in [1.82, 2.24) is 9.88 Å². The maximum absolute atomic E-state index is 11.1. The van der Waals surface area contributed by atoms with Crippen LogP contribution in [0.25, 0.3) is 0 Å². The molecule has 0 radical (unpaired) electrons. The molecule has 0 bridgehead atoms. The molecule has 0 saturated heterocycles. The number of amides is 1. The van der Waals surface area contributed by atoms with E-state index in [1.807, 2.05) is 19.1 Å². The van der Waals surface area contributed by atoms with Gasteiger partial charge in [-0.25, -0.2) is 4.79 Å². The van der Waals surface area contributed by atoms with Gasteiger partial charge >= 0.3 is 6.03 Å². The second-order valence-electron chi connectivity index (χ2n) is 2.32. The summed E-state index contributed by atoms with van der Waals surface area (Å²) in [6.07, 6.45) is 4.42. The van der Waals surface area contributed by atoms with Gasteiger partial charge in [0.05, 0.1) is 0 Å². The van der Waals surface area contributed by atoms with E-state index >= 15 is 0 Å². The molecule has 1 aromatic rings. The number of rotatable bonds is 2. The third-order valence-corrected chi connectivity index (χ3v) is 1.37. The third kappa shape index (κ3) is 2.11. The first-order valence-electron chi connectivity index (χ1n) is 3.75. The van der Waals surface area contributed by atoms with Crippen molar-refractivity contribution >= 4 is 6.03 Å². The van der Waals surface area contributed by atoms with Crippen LogP contribution in [0.1, 0.15) is 13.3 Å². The lowest BCUT2D eigenvalue weighted by Crippen LogP contribution is -2.27. The van der Waals surface area contributed by atoms with Crippen LogP contribution in [-0.2, 0) is 0 Å². The van der Waals surface area contributed by atoms with Gasteiger partial charge in [-0.05, 0) is 18.6 Å².